The Balaban J connectivity index is 2.13. The summed E-state index contributed by atoms with van der Waals surface area (Å²) in [6, 6.07) is 7.02. The van der Waals surface area contributed by atoms with Crippen molar-refractivity contribution in [3.05, 3.63) is 46.2 Å². The molecule has 0 aliphatic heterocycles. The van der Waals surface area contributed by atoms with Crippen LogP contribution in [0, 0.1) is 0 Å². The molecule has 0 radical (unpaired) electrons. The van der Waals surface area contributed by atoms with Crippen LogP contribution in [0.25, 0.3) is 0 Å². The predicted octanol–water partition coefficient (Wildman–Crippen LogP) is 3.09. The minimum atomic E-state index is -0.465. The number of nitrogens with two attached hydrogens (primary N) is 1. The molecule has 0 aliphatic carbocycles. The topological polar surface area (TPSA) is 61.5 Å². The van der Waals surface area contributed by atoms with Crippen molar-refractivity contribution in [2.45, 2.75) is 13.5 Å². The highest BCUT2D eigenvalue weighted by Gasteiger charge is 2.17. The van der Waals surface area contributed by atoms with E-state index in [0.717, 1.165) is 5.56 Å². The van der Waals surface area contributed by atoms with Crippen LogP contribution in [0.3, 0.4) is 0 Å². The summed E-state index contributed by atoms with van der Waals surface area (Å²) in [7, 11) is 0. The van der Waals surface area contributed by atoms with Crippen LogP contribution >= 0.6 is 11.3 Å². The number of ether oxygens (including phenoxy) is 2. The third-order valence-electron chi connectivity index (χ3n) is 2.51. The number of carbonyl (C=O) groups excluding carboxylic acids is 1. The van der Waals surface area contributed by atoms with Crippen LogP contribution < -0.4 is 10.5 Å². The molecule has 100 valence electrons. The minimum Gasteiger partial charge on any atom is -0.493 e. The molecule has 0 amide bonds. The fourth-order valence-corrected chi connectivity index (χ4v) is 2.29. The van der Waals surface area contributed by atoms with Gasteiger partial charge in [-0.1, -0.05) is 6.07 Å². The second-order valence-corrected chi connectivity index (χ2v) is 4.64. The van der Waals surface area contributed by atoms with Gasteiger partial charge in [0.15, 0.2) is 0 Å². The summed E-state index contributed by atoms with van der Waals surface area (Å²) in [5, 5.41) is 3.87. The summed E-state index contributed by atoms with van der Waals surface area (Å²) in [5.74, 6) is -0.00873. The van der Waals surface area contributed by atoms with E-state index in [-0.39, 0.29) is 6.61 Å². The van der Waals surface area contributed by atoms with Gasteiger partial charge in [-0.3, -0.25) is 0 Å². The molecule has 0 bridgehead atoms. The van der Waals surface area contributed by atoms with E-state index < -0.39 is 5.97 Å². The average Bonchev–Trinajstić information content (AvgIpc) is 2.90. The Hall–Kier alpha value is -2.01. The Morgan fingerprint density at radius 1 is 1.37 bits per heavy atom. The maximum absolute atomic E-state index is 12.1. The fraction of sp³-hybridized carbons (Fsp3) is 0.214. The maximum Gasteiger partial charge on any atom is 0.344 e. The zero-order valence-corrected chi connectivity index (χ0v) is 11.4. The predicted molar refractivity (Wildman–Crippen MR) is 75.5 cm³/mol. The van der Waals surface area contributed by atoms with Crippen LogP contribution in [0.4, 0.5) is 5.69 Å². The normalized spacial score (nSPS) is 10.2. The molecule has 0 saturated heterocycles. The van der Waals surface area contributed by atoms with E-state index in [4.69, 9.17) is 15.2 Å². The molecule has 0 unspecified atom stereocenters. The molecule has 1 aromatic carbocycles. The first kappa shape index (κ1) is 13.4. The van der Waals surface area contributed by atoms with Crippen molar-refractivity contribution in [1.82, 2.24) is 0 Å². The summed E-state index contributed by atoms with van der Waals surface area (Å²) in [6.45, 7) is 2.56. The number of nitrogen functional groups attached to an aromatic ring is 1. The zero-order valence-electron chi connectivity index (χ0n) is 10.6. The van der Waals surface area contributed by atoms with E-state index >= 15 is 0 Å². The molecule has 2 rings (SSSR count). The standard InChI is InChI=1S/C14H15NO3S/c1-2-17-12-5-3-4-11(15)13(12)14(16)18-8-10-6-7-19-9-10/h3-7,9H,2,8,15H2,1H3. The SMILES string of the molecule is CCOc1cccc(N)c1C(=O)OCc1ccsc1. The summed E-state index contributed by atoms with van der Waals surface area (Å²) < 4.78 is 10.6. The van der Waals surface area contributed by atoms with E-state index in [1.165, 1.54) is 0 Å². The fourth-order valence-electron chi connectivity index (χ4n) is 1.64. The third-order valence-corrected chi connectivity index (χ3v) is 3.24. The number of esters is 1. The van der Waals surface area contributed by atoms with Crippen molar-refractivity contribution in [1.29, 1.82) is 0 Å². The summed E-state index contributed by atoms with van der Waals surface area (Å²) >= 11 is 1.56. The molecule has 4 nitrogen and oxygen atoms in total. The highest BCUT2D eigenvalue weighted by molar-refractivity contribution is 7.07. The number of hydrogen-bond acceptors (Lipinski definition) is 5. The molecule has 1 aromatic heterocycles. The molecule has 5 heteroatoms. The first-order chi connectivity index (χ1) is 9.22. The van der Waals surface area contributed by atoms with Gasteiger partial charge in [0.05, 0.1) is 6.61 Å². The summed E-state index contributed by atoms with van der Waals surface area (Å²) in [6.07, 6.45) is 0. The minimum absolute atomic E-state index is 0.238. The lowest BCUT2D eigenvalue weighted by atomic mass is 10.1. The molecular formula is C14H15NO3S. The quantitative estimate of drug-likeness (QED) is 0.674. The van der Waals surface area contributed by atoms with Crippen LogP contribution in [0.2, 0.25) is 0 Å². The Morgan fingerprint density at radius 3 is 2.89 bits per heavy atom. The number of rotatable bonds is 5. The number of hydrogen-bond donors (Lipinski definition) is 1. The largest absolute Gasteiger partial charge is 0.493 e. The van der Waals surface area contributed by atoms with Crippen LogP contribution in [0.5, 0.6) is 5.75 Å². The lowest BCUT2D eigenvalue weighted by Crippen LogP contribution is -2.10. The zero-order chi connectivity index (χ0) is 13.7. The molecule has 1 heterocycles. The van der Waals surface area contributed by atoms with Gasteiger partial charge in [0.1, 0.15) is 17.9 Å². The molecule has 0 spiro atoms. The number of benzene rings is 1. The van der Waals surface area contributed by atoms with E-state index in [9.17, 15) is 4.79 Å². The molecule has 0 fully saturated rings. The molecule has 2 N–H and O–H groups in total. The van der Waals surface area contributed by atoms with Gasteiger partial charge in [-0.15, -0.1) is 0 Å². The Morgan fingerprint density at radius 2 is 2.21 bits per heavy atom. The van der Waals surface area contributed by atoms with Crippen molar-refractivity contribution in [2.24, 2.45) is 0 Å². The van der Waals surface area contributed by atoms with E-state index in [2.05, 4.69) is 0 Å². The molecule has 19 heavy (non-hydrogen) atoms. The smallest absolute Gasteiger partial charge is 0.344 e. The second-order valence-electron chi connectivity index (χ2n) is 3.86. The van der Waals surface area contributed by atoms with Gasteiger partial charge < -0.3 is 15.2 Å². The number of anilines is 1. The van der Waals surface area contributed by atoms with E-state index in [1.807, 2.05) is 23.8 Å². The van der Waals surface area contributed by atoms with Gasteiger partial charge in [0, 0.05) is 11.3 Å². The van der Waals surface area contributed by atoms with Crippen LogP contribution in [0.15, 0.2) is 35.0 Å². The van der Waals surface area contributed by atoms with Crippen molar-refractivity contribution < 1.29 is 14.3 Å². The highest BCUT2D eigenvalue weighted by Crippen LogP contribution is 2.25. The van der Waals surface area contributed by atoms with Gasteiger partial charge in [0.25, 0.3) is 0 Å². The van der Waals surface area contributed by atoms with Gasteiger partial charge >= 0.3 is 5.97 Å². The Labute approximate surface area is 115 Å². The van der Waals surface area contributed by atoms with Crippen LogP contribution in [0.1, 0.15) is 22.8 Å². The van der Waals surface area contributed by atoms with Gasteiger partial charge in [-0.25, -0.2) is 4.79 Å². The first-order valence-electron chi connectivity index (χ1n) is 5.92. The Bertz CT molecular complexity index is 552. The Kier molecular flexibility index (Phi) is 4.41. The monoisotopic (exact) mass is 277 g/mol. The lowest BCUT2D eigenvalue weighted by Gasteiger charge is -2.11. The van der Waals surface area contributed by atoms with Crippen molar-refractivity contribution in [3.63, 3.8) is 0 Å². The average molecular weight is 277 g/mol. The second kappa shape index (κ2) is 6.24. The van der Waals surface area contributed by atoms with Crippen LogP contribution in [-0.4, -0.2) is 12.6 Å². The molecule has 0 saturated carbocycles. The van der Waals surface area contributed by atoms with E-state index in [1.54, 1.807) is 29.5 Å². The first-order valence-corrected chi connectivity index (χ1v) is 6.86. The van der Waals surface area contributed by atoms with Crippen molar-refractivity contribution in [3.8, 4) is 5.75 Å². The third kappa shape index (κ3) is 3.26. The molecule has 2 aromatic rings. The van der Waals surface area contributed by atoms with E-state index in [0.29, 0.717) is 23.6 Å². The highest BCUT2D eigenvalue weighted by atomic mass is 32.1. The molecular weight excluding hydrogens is 262 g/mol. The van der Waals surface area contributed by atoms with Crippen LogP contribution in [-0.2, 0) is 11.3 Å². The number of carbonyl (C=O) groups is 1. The lowest BCUT2D eigenvalue weighted by molar-refractivity contribution is 0.0470. The van der Waals surface area contributed by atoms with Gasteiger partial charge in [0.2, 0.25) is 0 Å². The summed E-state index contributed by atoms with van der Waals surface area (Å²) in [4.78, 5) is 12.1. The number of thiophene rings is 1. The van der Waals surface area contributed by atoms with Gasteiger partial charge in [-0.2, -0.15) is 11.3 Å². The molecule has 0 aliphatic rings. The molecule has 0 atom stereocenters. The van der Waals surface area contributed by atoms with Crippen molar-refractivity contribution >= 4 is 23.0 Å². The maximum atomic E-state index is 12.1. The van der Waals surface area contributed by atoms with Gasteiger partial charge in [-0.05, 0) is 35.9 Å². The summed E-state index contributed by atoms with van der Waals surface area (Å²) in [5.41, 5.74) is 7.44. The van der Waals surface area contributed by atoms with Crippen molar-refractivity contribution in [2.75, 3.05) is 12.3 Å².